The van der Waals surface area contributed by atoms with Gasteiger partial charge < -0.3 is 0 Å². The fourth-order valence-electron chi connectivity index (χ4n) is 3.79. The third-order valence-corrected chi connectivity index (χ3v) is 7.35. The minimum absolute atomic E-state index is 0.483. The van der Waals surface area contributed by atoms with Crippen LogP contribution in [0.4, 0.5) is 0 Å². The van der Waals surface area contributed by atoms with E-state index in [1.807, 2.05) is 36.4 Å². The fraction of sp³-hybridized carbons (Fsp3) is 0.421. The average molecular weight is 342 g/mol. The first-order valence-electron chi connectivity index (χ1n) is 8.70. The summed E-state index contributed by atoms with van der Waals surface area (Å²) in [6.45, 7) is 1.32. The lowest BCUT2D eigenvalue weighted by molar-refractivity contribution is 0.454. The first kappa shape index (κ1) is 15.8. The van der Waals surface area contributed by atoms with Crippen LogP contribution >= 0.6 is 0 Å². The molecule has 1 aliphatic carbocycles. The van der Waals surface area contributed by atoms with Crippen molar-refractivity contribution >= 4 is 10.0 Å². The van der Waals surface area contributed by atoms with Crippen LogP contribution in [-0.2, 0) is 16.4 Å². The second kappa shape index (κ2) is 6.30. The van der Waals surface area contributed by atoms with Gasteiger partial charge in [0.1, 0.15) is 5.25 Å². The molecule has 4 rings (SSSR count). The molecule has 4 nitrogen and oxygen atoms in total. The molecule has 0 N–H and O–H groups in total. The first-order chi connectivity index (χ1) is 11.7. The van der Waals surface area contributed by atoms with Gasteiger partial charge in [0, 0.05) is 18.7 Å². The van der Waals surface area contributed by atoms with E-state index in [1.165, 1.54) is 0 Å². The van der Waals surface area contributed by atoms with Gasteiger partial charge in [0.15, 0.2) is 0 Å². The van der Waals surface area contributed by atoms with E-state index in [-0.39, 0.29) is 0 Å². The second-order valence-electron chi connectivity index (χ2n) is 6.64. The van der Waals surface area contributed by atoms with E-state index in [0.29, 0.717) is 19.5 Å². The number of aryl methyl sites for hydroxylation is 1. The van der Waals surface area contributed by atoms with E-state index in [1.54, 1.807) is 4.31 Å². The van der Waals surface area contributed by atoms with Crippen molar-refractivity contribution in [2.24, 2.45) is 0 Å². The third-order valence-electron chi connectivity index (χ3n) is 5.08. The molecule has 1 aromatic heterocycles. The van der Waals surface area contributed by atoms with E-state index in [2.05, 4.69) is 6.07 Å². The maximum absolute atomic E-state index is 13.1. The molecule has 0 radical (unpaired) electrons. The van der Waals surface area contributed by atoms with Crippen molar-refractivity contribution in [2.75, 3.05) is 13.1 Å². The Bertz CT molecular complexity index is 828. The molecule has 1 aliphatic heterocycles. The molecule has 0 amide bonds. The van der Waals surface area contributed by atoms with Crippen molar-refractivity contribution in [2.45, 2.75) is 37.4 Å². The molecule has 126 valence electrons. The molecule has 0 bridgehead atoms. The van der Waals surface area contributed by atoms with Crippen molar-refractivity contribution in [1.29, 1.82) is 0 Å². The zero-order chi connectivity index (χ0) is 16.6. The summed E-state index contributed by atoms with van der Waals surface area (Å²) < 4.78 is 27.8. The lowest BCUT2D eigenvalue weighted by Gasteiger charge is -2.28. The smallest absolute Gasteiger partial charge is 0.222 e. The van der Waals surface area contributed by atoms with Gasteiger partial charge in [-0.25, -0.2) is 12.7 Å². The topological polar surface area (TPSA) is 50.3 Å². The predicted octanol–water partition coefficient (Wildman–Crippen LogP) is 3.55. The summed E-state index contributed by atoms with van der Waals surface area (Å²) in [6.07, 6.45) is 4.45. The zero-order valence-corrected chi connectivity index (χ0v) is 14.5. The van der Waals surface area contributed by atoms with E-state index in [0.717, 1.165) is 48.2 Å². The highest BCUT2D eigenvalue weighted by atomic mass is 32.2. The lowest BCUT2D eigenvalue weighted by Crippen LogP contribution is -2.34. The largest absolute Gasteiger partial charge is 0.251 e. The third kappa shape index (κ3) is 2.76. The van der Waals surface area contributed by atoms with Crippen LogP contribution in [0.3, 0.4) is 0 Å². The molecule has 1 fully saturated rings. The number of hydrogen-bond acceptors (Lipinski definition) is 3. The molecule has 1 unspecified atom stereocenters. The highest BCUT2D eigenvalue weighted by Gasteiger charge is 2.38. The molecule has 1 aromatic carbocycles. The van der Waals surface area contributed by atoms with Gasteiger partial charge in [0.05, 0.1) is 11.4 Å². The molecule has 1 atom stereocenters. The molecular weight excluding hydrogens is 320 g/mol. The number of aromatic nitrogens is 1. The number of sulfonamides is 1. The monoisotopic (exact) mass is 342 g/mol. The molecule has 24 heavy (non-hydrogen) atoms. The van der Waals surface area contributed by atoms with Gasteiger partial charge in [0.25, 0.3) is 0 Å². The summed E-state index contributed by atoms with van der Waals surface area (Å²) in [5.74, 6) is 0. The Balaban J connectivity index is 1.76. The Morgan fingerprint density at radius 2 is 1.71 bits per heavy atom. The van der Waals surface area contributed by atoms with Crippen LogP contribution in [-0.4, -0.2) is 30.8 Å². The number of benzene rings is 1. The Kier molecular flexibility index (Phi) is 4.14. The summed E-state index contributed by atoms with van der Waals surface area (Å²) in [4.78, 5) is 4.80. The number of nitrogens with zero attached hydrogens (tertiary/aromatic N) is 2. The van der Waals surface area contributed by atoms with E-state index in [4.69, 9.17) is 4.98 Å². The summed E-state index contributed by atoms with van der Waals surface area (Å²) in [5, 5.41) is -0.483. The highest BCUT2D eigenvalue weighted by molar-refractivity contribution is 7.89. The van der Waals surface area contributed by atoms with Crippen LogP contribution in [0, 0.1) is 0 Å². The Morgan fingerprint density at radius 1 is 0.958 bits per heavy atom. The van der Waals surface area contributed by atoms with Crippen LogP contribution in [0.1, 0.15) is 42.2 Å². The SMILES string of the molecule is O=S(=O)(C1CCCc2ccc(-c3ccccc3)nc21)N1CCCC1. The average Bonchev–Trinajstić information content (AvgIpc) is 3.17. The van der Waals surface area contributed by atoms with Crippen molar-refractivity contribution in [3.63, 3.8) is 0 Å². The first-order valence-corrected chi connectivity index (χ1v) is 10.2. The Morgan fingerprint density at radius 3 is 2.46 bits per heavy atom. The number of rotatable bonds is 3. The summed E-state index contributed by atoms with van der Waals surface area (Å²) in [6, 6.07) is 14.0. The van der Waals surface area contributed by atoms with Gasteiger partial charge >= 0.3 is 0 Å². The van der Waals surface area contributed by atoms with E-state index >= 15 is 0 Å². The summed E-state index contributed by atoms with van der Waals surface area (Å²) in [7, 11) is -3.30. The number of hydrogen-bond donors (Lipinski definition) is 0. The minimum Gasteiger partial charge on any atom is -0.251 e. The van der Waals surface area contributed by atoms with Crippen LogP contribution in [0.2, 0.25) is 0 Å². The van der Waals surface area contributed by atoms with E-state index in [9.17, 15) is 8.42 Å². The van der Waals surface area contributed by atoms with Crippen molar-refractivity contribution in [1.82, 2.24) is 9.29 Å². The Hall–Kier alpha value is -1.72. The van der Waals surface area contributed by atoms with Gasteiger partial charge in [-0.2, -0.15) is 0 Å². The summed E-state index contributed by atoms with van der Waals surface area (Å²) >= 11 is 0. The zero-order valence-electron chi connectivity index (χ0n) is 13.7. The van der Waals surface area contributed by atoms with Crippen LogP contribution < -0.4 is 0 Å². The van der Waals surface area contributed by atoms with Crippen molar-refractivity contribution in [3.05, 3.63) is 53.7 Å². The fourth-order valence-corrected chi connectivity index (χ4v) is 5.87. The number of pyridine rings is 1. The van der Waals surface area contributed by atoms with Crippen LogP contribution in [0.5, 0.6) is 0 Å². The quantitative estimate of drug-likeness (QED) is 0.857. The van der Waals surface area contributed by atoms with Gasteiger partial charge in [-0.15, -0.1) is 0 Å². The standard InChI is InChI=1S/C19H22N2O2S/c22-24(23,21-13-4-5-14-21)18-10-6-9-16-11-12-17(20-19(16)18)15-7-2-1-3-8-15/h1-3,7-8,11-12,18H,4-6,9-10,13-14H2. The van der Waals surface area contributed by atoms with Crippen LogP contribution in [0.25, 0.3) is 11.3 Å². The molecule has 0 saturated carbocycles. The highest BCUT2D eigenvalue weighted by Crippen LogP contribution is 2.38. The van der Waals surface area contributed by atoms with Gasteiger partial charge in [-0.3, -0.25) is 4.98 Å². The van der Waals surface area contributed by atoms with Crippen LogP contribution in [0.15, 0.2) is 42.5 Å². The van der Waals surface area contributed by atoms with E-state index < -0.39 is 15.3 Å². The molecular formula is C19H22N2O2S. The van der Waals surface area contributed by atoms with Gasteiger partial charge in [-0.1, -0.05) is 36.4 Å². The maximum Gasteiger partial charge on any atom is 0.222 e. The molecule has 2 heterocycles. The molecule has 2 aromatic rings. The van der Waals surface area contributed by atoms with Gasteiger partial charge in [-0.05, 0) is 43.7 Å². The summed E-state index contributed by atoms with van der Waals surface area (Å²) in [5.41, 5.74) is 3.75. The number of fused-ring (bicyclic) bond motifs is 1. The lowest BCUT2D eigenvalue weighted by atomic mass is 9.95. The maximum atomic E-state index is 13.1. The molecule has 2 aliphatic rings. The van der Waals surface area contributed by atoms with Crippen molar-refractivity contribution in [3.8, 4) is 11.3 Å². The van der Waals surface area contributed by atoms with Gasteiger partial charge in [0.2, 0.25) is 10.0 Å². The van der Waals surface area contributed by atoms with Crippen molar-refractivity contribution < 1.29 is 8.42 Å². The molecule has 0 spiro atoms. The normalized spacial score (nSPS) is 21.6. The Labute approximate surface area is 143 Å². The molecule has 5 heteroatoms. The predicted molar refractivity (Wildman–Crippen MR) is 95.1 cm³/mol. The molecule has 1 saturated heterocycles. The second-order valence-corrected chi connectivity index (χ2v) is 8.75. The minimum atomic E-state index is -3.30.